The Morgan fingerprint density at radius 3 is 2.47 bits per heavy atom. The van der Waals surface area contributed by atoms with Gasteiger partial charge in [0.15, 0.2) is 0 Å². The van der Waals surface area contributed by atoms with Gasteiger partial charge in [-0.1, -0.05) is 36.4 Å². The minimum atomic E-state index is -1.08. The molecule has 1 atom stereocenters. The van der Waals surface area contributed by atoms with E-state index in [1.807, 2.05) is 86.0 Å². The zero-order chi connectivity index (χ0) is 22.7. The summed E-state index contributed by atoms with van der Waals surface area (Å²) in [5.41, 5.74) is 2.03. The van der Waals surface area contributed by atoms with E-state index in [0.29, 0.717) is 30.0 Å². The average molecular weight is 447 g/mol. The normalized spacial score (nSPS) is 17.6. The number of carbonyl (C=O) groups is 2. The molecule has 1 N–H and O–H groups in total. The number of rotatable bonds is 6. The van der Waals surface area contributed by atoms with Gasteiger partial charge in [-0.05, 0) is 55.1 Å². The van der Waals surface area contributed by atoms with Crippen molar-refractivity contribution in [2.75, 3.05) is 18.3 Å². The van der Waals surface area contributed by atoms with Crippen molar-refractivity contribution in [2.24, 2.45) is 0 Å². The molecule has 1 heterocycles. The Labute approximate surface area is 192 Å². The smallest absolute Gasteiger partial charge is 0.259 e. The van der Waals surface area contributed by atoms with Crippen molar-refractivity contribution in [3.63, 3.8) is 0 Å². The molecule has 0 bridgehead atoms. The van der Waals surface area contributed by atoms with E-state index in [1.165, 1.54) is 0 Å². The van der Waals surface area contributed by atoms with Crippen LogP contribution in [-0.2, 0) is 17.8 Å². The van der Waals surface area contributed by atoms with Gasteiger partial charge in [-0.15, -0.1) is 11.8 Å². The van der Waals surface area contributed by atoms with Crippen molar-refractivity contribution in [3.8, 4) is 5.75 Å². The van der Waals surface area contributed by atoms with Crippen LogP contribution < -0.4 is 15.0 Å². The van der Waals surface area contributed by atoms with Crippen LogP contribution in [0.3, 0.4) is 0 Å². The van der Waals surface area contributed by atoms with Crippen LogP contribution in [0.2, 0.25) is 0 Å². The standard InChI is InChI=1S/C26H26N2O3S/c1-26(25(30)27-17-19-9-5-7-11-23(19)31-2)16-18-8-4-6-10-22(18)24(29)28(26)20-12-14-21(32-3)15-13-20/h4-15H,16-17H2,1-3H3,(H,27,30)/t26-/m1/s1. The van der Waals surface area contributed by atoms with Crippen LogP contribution in [0.15, 0.2) is 77.7 Å². The highest BCUT2D eigenvalue weighted by Crippen LogP contribution is 2.36. The molecule has 164 valence electrons. The molecule has 0 spiro atoms. The summed E-state index contributed by atoms with van der Waals surface area (Å²) in [6.45, 7) is 2.15. The summed E-state index contributed by atoms with van der Waals surface area (Å²) in [7, 11) is 1.61. The highest BCUT2D eigenvalue weighted by Gasteiger charge is 2.47. The summed E-state index contributed by atoms with van der Waals surface area (Å²) in [5.74, 6) is 0.339. The molecule has 1 aliphatic rings. The molecule has 2 amide bonds. The molecule has 0 saturated heterocycles. The van der Waals surface area contributed by atoms with E-state index in [4.69, 9.17) is 4.74 Å². The number of amides is 2. The fourth-order valence-corrected chi connectivity index (χ4v) is 4.62. The summed E-state index contributed by atoms with van der Waals surface area (Å²) in [4.78, 5) is 29.9. The molecule has 3 aromatic rings. The van der Waals surface area contributed by atoms with Crippen LogP contribution in [-0.4, -0.2) is 30.7 Å². The number of anilines is 1. The zero-order valence-electron chi connectivity index (χ0n) is 18.4. The van der Waals surface area contributed by atoms with E-state index in [1.54, 1.807) is 23.8 Å². The Balaban J connectivity index is 1.70. The number of benzene rings is 3. The third kappa shape index (κ3) is 3.98. The molecule has 4 rings (SSSR count). The Morgan fingerprint density at radius 2 is 1.75 bits per heavy atom. The summed E-state index contributed by atoms with van der Waals surface area (Å²) >= 11 is 1.63. The molecule has 3 aromatic carbocycles. The van der Waals surface area contributed by atoms with Crippen LogP contribution in [0.1, 0.15) is 28.4 Å². The second kappa shape index (κ2) is 9.09. The van der Waals surface area contributed by atoms with Gasteiger partial charge in [0.2, 0.25) is 5.91 Å². The summed E-state index contributed by atoms with van der Waals surface area (Å²) in [5, 5.41) is 3.04. The maximum absolute atomic E-state index is 13.6. The van der Waals surface area contributed by atoms with Crippen LogP contribution in [0.5, 0.6) is 5.75 Å². The van der Waals surface area contributed by atoms with Crippen LogP contribution >= 0.6 is 11.8 Å². The summed E-state index contributed by atoms with van der Waals surface area (Å²) in [6, 6.07) is 22.9. The van der Waals surface area contributed by atoms with E-state index in [-0.39, 0.29) is 11.8 Å². The van der Waals surface area contributed by atoms with Crippen LogP contribution in [0.25, 0.3) is 0 Å². The van der Waals surface area contributed by atoms with E-state index >= 15 is 0 Å². The molecule has 0 aromatic heterocycles. The first-order valence-electron chi connectivity index (χ1n) is 10.4. The number of methoxy groups -OCH3 is 1. The first-order valence-corrected chi connectivity index (χ1v) is 11.7. The number of carbonyl (C=O) groups excluding carboxylic acids is 2. The second-order valence-electron chi connectivity index (χ2n) is 7.94. The minimum Gasteiger partial charge on any atom is -0.496 e. The van der Waals surface area contributed by atoms with Gasteiger partial charge in [0.25, 0.3) is 5.91 Å². The van der Waals surface area contributed by atoms with Gasteiger partial charge in [-0.25, -0.2) is 0 Å². The predicted molar refractivity (Wildman–Crippen MR) is 128 cm³/mol. The highest BCUT2D eigenvalue weighted by molar-refractivity contribution is 7.98. The number of fused-ring (bicyclic) bond motifs is 1. The topological polar surface area (TPSA) is 58.6 Å². The number of hydrogen-bond donors (Lipinski definition) is 1. The molecule has 32 heavy (non-hydrogen) atoms. The van der Waals surface area contributed by atoms with E-state index < -0.39 is 5.54 Å². The van der Waals surface area contributed by atoms with Gasteiger partial charge in [-0.3, -0.25) is 14.5 Å². The number of nitrogens with zero attached hydrogens (tertiary/aromatic N) is 1. The van der Waals surface area contributed by atoms with Crippen LogP contribution in [0, 0.1) is 0 Å². The van der Waals surface area contributed by atoms with Crippen molar-refractivity contribution in [2.45, 2.75) is 30.3 Å². The van der Waals surface area contributed by atoms with Crippen molar-refractivity contribution in [3.05, 3.63) is 89.5 Å². The third-order valence-electron chi connectivity index (χ3n) is 5.93. The quantitative estimate of drug-likeness (QED) is 0.558. The molecule has 0 radical (unpaired) electrons. The van der Waals surface area contributed by atoms with Crippen molar-refractivity contribution < 1.29 is 14.3 Å². The van der Waals surface area contributed by atoms with Gasteiger partial charge in [-0.2, -0.15) is 0 Å². The molecule has 5 nitrogen and oxygen atoms in total. The second-order valence-corrected chi connectivity index (χ2v) is 8.82. The number of hydrogen-bond acceptors (Lipinski definition) is 4. The number of ether oxygens (including phenoxy) is 1. The van der Waals surface area contributed by atoms with Gasteiger partial charge in [0.1, 0.15) is 11.3 Å². The number of nitrogens with one attached hydrogen (secondary N) is 1. The fourth-order valence-electron chi connectivity index (χ4n) is 4.21. The predicted octanol–water partition coefficient (Wildman–Crippen LogP) is 4.70. The van der Waals surface area contributed by atoms with E-state index in [9.17, 15) is 9.59 Å². The van der Waals surface area contributed by atoms with Gasteiger partial charge in [0.05, 0.1) is 7.11 Å². The monoisotopic (exact) mass is 446 g/mol. The molecular formula is C26H26N2O3S. The molecule has 0 fully saturated rings. The van der Waals surface area contributed by atoms with E-state index in [0.717, 1.165) is 16.0 Å². The SMILES string of the molecule is COc1ccccc1CNC(=O)[C@@]1(C)Cc2ccccc2C(=O)N1c1ccc(SC)cc1. The molecule has 6 heteroatoms. The highest BCUT2D eigenvalue weighted by atomic mass is 32.2. The largest absolute Gasteiger partial charge is 0.496 e. The molecule has 1 aliphatic heterocycles. The van der Waals surface area contributed by atoms with Crippen LogP contribution in [0.4, 0.5) is 5.69 Å². The lowest BCUT2D eigenvalue weighted by atomic mass is 9.82. The van der Waals surface area contributed by atoms with Gasteiger partial charge in [0, 0.05) is 34.7 Å². The lowest BCUT2D eigenvalue weighted by molar-refractivity contribution is -0.126. The zero-order valence-corrected chi connectivity index (χ0v) is 19.2. The molecule has 0 unspecified atom stereocenters. The Bertz CT molecular complexity index is 1150. The van der Waals surface area contributed by atoms with Gasteiger partial charge >= 0.3 is 0 Å². The summed E-state index contributed by atoms with van der Waals surface area (Å²) < 4.78 is 5.41. The van der Waals surface area contributed by atoms with E-state index in [2.05, 4.69) is 5.32 Å². The lowest BCUT2D eigenvalue weighted by Crippen LogP contribution is -2.63. The fraction of sp³-hybridized carbons (Fsp3) is 0.231. The Hall–Kier alpha value is -3.25. The molecule has 0 saturated carbocycles. The molecule has 0 aliphatic carbocycles. The molecular weight excluding hydrogens is 420 g/mol. The average Bonchev–Trinajstić information content (AvgIpc) is 2.83. The maximum atomic E-state index is 13.6. The van der Waals surface area contributed by atoms with Gasteiger partial charge < -0.3 is 10.1 Å². The third-order valence-corrected chi connectivity index (χ3v) is 6.67. The maximum Gasteiger partial charge on any atom is 0.259 e. The minimum absolute atomic E-state index is 0.168. The van der Waals surface area contributed by atoms with Crippen molar-refractivity contribution in [1.29, 1.82) is 0 Å². The first-order chi connectivity index (χ1) is 15.5. The van der Waals surface area contributed by atoms with Crippen molar-refractivity contribution in [1.82, 2.24) is 5.32 Å². The Kier molecular flexibility index (Phi) is 6.24. The number of thioether (sulfide) groups is 1. The first kappa shape index (κ1) is 22.0. The lowest BCUT2D eigenvalue weighted by Gasteiger charge is -2.44. The Morgan fingerprint density at radius 1 is 1.06 bits per heavy atom. The van der Waals surface area contributed by atoms with Crippen molar-refractivity contribution >= 4 is 29.3 Å². The number of para-hydroxylation sites is 1. The summed E-state index contributed by atoms with van der Waals surface area (Å²) in [6.07, 6.45) is 2.43.